The largest absolute Gasteiger partial charge is 0.390 e. The lowest BCUT2D eigenvalue weighted by molar-refractivity contribution is -0.0138. The topological polar surface area (TPSA) is 29.5 Å². The van der Waals surface area contributed by atoms with Gasteiger partial charge in [-0.2, -0.15) is 0 Å². The molecule has 2 heteroatoms. The Kier molecular flexibility index (Phi) is 2.46. The van der Waals surface area contributed by atoms with Gasteiger partial charge in [0.25, 0.3) is 0 Å². The maximum absolute atomic E-state index is 9.32. The van der Waals surface area contributed by atoms with Gasteiger partial charge in [0, 0.05) is 7.11 Å². The summed E-state index contributed by atoms with van der Waals surface area (Å²) < 4.78 is 5.08. The van der Waals surface area contributed by atoms with Crippen LogP contribution in [0.5, 0.6) is 0 Å². The van der Waals surface area contributed by atoms with Gasteiger partial charge < -0.3 is 9.84 Å². The highest BCUT2D eigenvalue weighted by molar-refractivity contribution is 5.06. The molecule has 0 spiro atoms. The molecule has 1 aliphatic carbocycles. The van der Waals surface area contributed by atoms with E-state index in [0.29, 0.717) is 0 Å². The smallest absolute Gasteiger partial charge is 0.0870 e. The summed E-state index contributed by atoms with van der Waals surface area (Å²) in [4.78, 5) is 0. The van der Waals surface area contributed by atoms with Crippen molar-refractivity contribution in [3.63, 3.8) is 0 Å². The molecular formula is C8H14O2. The molecule has 1 N–H and O–H groups in total. The summed E-state index contributed by atoms with van der Waals surface area (Å²) in [5, 5.41) is 9.32. The van der Waals surface area contributed by atoms with Crippen LogP contribution < -0.4 is 0 Å². The van der Waals surface area contributed by atoms with Crippen LogP contribution >= 0.6 is 0 Å². The second-order valence-corrected chi connectivity index (χ2v) is 2.83. The molecule has 1 unspecified atom stereocenters. The van der Waals surface area contributed by atoms with Gasteiger partial charge in [0.05, 0.1) is 12.2 Å². The predicted molar refractivity (Wildman–Crippen MR) is 39.8 cm³/mol. The van der Waals surface area contributed by atoms with Crippen LogP contribution in [0.3, 0.4) is 0 Å². The van der Waals surface area contributed by atoms with Crippen molar-refractivity contribution in [2.45, 2.75) is 32.0 Å². The normalized spacial score (nSPS) is 33.7. The van der Waals surface area contributed by atoms with E-state index in [-0.39, 0.29) is 12.2 Å². The molecule has 2 nitrogen and oxygen atoms in total. The molecule has 10 heavy (non-hydrogen) atoms. The maximum Gasteiger partial charge on any atom is 0.0870 e. The van der Waals surface area contributed by atoms with Crippen molar-refractivity contribution in [1.82, 2.24) is 0 Å². The van der Waals surface area contributed by atoms with E-state index < -0.39 is 0 Å². The highest BCUT2D eigenvalue weighted by atomic mass is 16.5. The van der Waals surface area contributed by atoms with Crippen molar-refractivity contribution in [3.8, 4) is 0 Å². The number of hydrogen-bond donors (Lipinski definition) is 1. The van der Waals surface area contributed by atoms with E-state index in [1.807, 2.05) is 0 Å². The van der Waals surface area contributed by atoms with E-state index in [9.17, 15) is 5.11 Å². The van der Waals surface area contributed by atoms with E-state index in [2.05, 4.69) is 13.0 Å². The summed E-state index contributed by atoms with van der Waals surface area (Å²) in [6, 6.07) is 0. The third-order valence-electron chi connectivity index (χ3n) is 1.96. The summed E-state index contributed by atoms with van der Waals surface area (Å²) in [5.74, 6) is 0. The van der Waals surface area contributed by atoms with Crippen molar-refractivity contribution in [2.75, 3.05) is 7.11 Å². The van der Waals surface area contributed by atoms with Crippen LogP contribution in [0.1, 0.15) is 19.8 Å². The summed E-state index contributed by atoms with van der Waals surface area (Å²) >= 11 is 0. The molecule has 0 aromatic heterocycles. The number of rotatable bonds is 1. The lowest BCUT2D eigenvalue weighted by Gasteiger charge is -2.24. The lowest BCUT2D eigenvalue weighted by Crippen LogP contribution is -2.30. The quantitative estimate of drug-likeness (QED) is 0.555. The summed E-state index contributed by atoms with van der Waals surface area (Å²) in [6.45, 7) is 2.07. The molecule has 0 aliphatic heterocycles. The van der Waals surface area contributed by atoms with E-state index in [0.717, 1.165) is 12.8 Å². The van der Waals surface area contributed by atoms with E-state index in [1.54, 1.807) is 7.11 Å². The molecular weight excluding hydrogens is 128 g/mol. The first kappa shape index (κ1) is 7.76. The minimum absolute atomic E-state index is 0.0185. The van der Waals surface area contributed by atoms with Gasteiger partial charge in [-0.1, -0.05) is 11.6 Å². The molecule has 58 valence electrons. The van der Waals surface area contributed by atoms with Crippen molar-refractivity contribution in [2.24, 2.45) is 0 Å². The third-order valence-corrected chi connectivity index (χ3v) is 1.96. The second-order valence-electron chi connectivity index (χ2n) is 2.83. The summed E-state index contributed by atoms with van der Waals surface area (Å²) in [7, 11) is 1.65. The Morgan fingerprint density at radius 1 is 1.70 bits per heavy atom. The Labute approximate surface area is 61.5 Å². The molecule has 0 amide bonds. The Balaban J connectivity index is 2.53. The molecule has 1 aliphatic rings. The number of methoxy groups -OCH3 is 1. The Morgan fingerprint density at radius 2 is 2.40 bits per heavy atom. The first-order valence-corrected chi connectivity index (χ1v) is 3.60. The zero-order chi connectivity index (χ0) is 7.56. The van der Waals surface area contributed by atoms with Crippen LogP contribution in [-0.2, 0) is 4.74 Å². The van der Waals surface area contributed by atoms with E-state index >= 15 is 0 Å². The Hall–Kier alpha value is -0.340. The molecule has 0 radical (unpaired) electrons. The average molecular weight is 142 g/mol. The van der Waals surface area contributed by atoms with Crippen LogP contribution in [0, 0.1) is 0 Å². The average Bonchev–Trinajstić information content (AvgIpc) is 1.94. The SMILES string of the molecule is CO[C@@H]1CC(C)=CCC1O. The van der Waals surface area contributed by atoms with Crippen LogP contribution in [0.15, 0.2) is 11.6 Å². The van der Waals surface area contributed by atoms with Gasteiger partial charge in [0.2, 0.25) is 0 Å². The van der Waals surface area contributed by atoms with Crippen molar-refractivity contribution < 1.29 is 9.84 Å². The summed E-state index contributed by atoms with van der Waals surface area (Å²) in [6.07, 6.45) is 3.40. The molecule has 0 heterocycles. The minimum atomic E-state index is -0.298. The van der Waals surface area contributed by atoms with E-state index in [1.165, 1.54) is 5.57 Å². The lowest BCUT2D eigenvalue weighted by atomic mass is 9.95. The zero-order valence-corrected chi connectivity index (χ0v) is 6.50. The third kappa shape index (κ3) is 1.58. The molecule has 0 fully saturated rings. The van der Waals surface area contributed by atoms with Gasteiger partial charge in [0.15, 0.2) is 0 Å². The molecule has 0 aromatic rings. The fourth-order valence-electron chi connectivity index (χ4n) is 1.25. The number of aliphatic hydroxyl groups excluding tert-OH is 1. The fourth-order valence-corrected chi connectivity index (χ4v) is 1.25. The monoisotopic (exact) mass is 142 g/mol. The van der Waals surface area contributed by atoms with E-state index in [4.69, 9.17) is 4.74 Å². The maximum atomic E-state index is 9.32. The van der Waals surface area contributed by atoms with Gasteiger partial charge in [-0.25, -0.2) is 0 Å². The molecule has 0 aromatic carbocycles. The highest BCUT2D eigenvalue weighted by Crippen LogP contribution is 2.19. The van der Waals surface area contributed by atoms with Crippen molar-refractivity contribution >= 4 is 0 Å². The van der Waals surface area contributed by atoms with Gasteiger partial charge in [0.1, 0.15) is 0 Å². The number of ether oxygens (including phenoxy) is 1. The van der Waals surface area contributed by atoms with Crippen LogP contribution in [0.25, 0.3) is 0 Å². The minimum Gasteiger partial charge on any atom is -0.390 e. The Morgan fingerprint density at radius 3 is 2.90 bits per heavy atom. The summed E-state index contributed by atoms with van der Waals surface area (Å²) in [5.41, 5.74) is 1.32. The zero-order valence-electron chi connectivity index (χ0n) is 6.50. The van der Waals surface area contributed by atoms with Crippen LogP contribution in [-0.4, -0.2) is 24.4 Å². The van der Waals surface area contributed by atoms with Gasteiger partial charge in [-0.05, 0) is 19.8 Å². The molecule has 1 rings (SSSR count). The van der Waals surface area contributed by atoms with Gasteiger partial charge in [-0.15, -0.1) is 0 Å². The van der Waals surface area contributed by atoms with Gasteiger partial charge >= 0.3 is 0 Å². The fraction of sp³-hybridized carbons (Fsp3) is 0.750. The highest BCUT2D eigenvalue weighted by Gasteiger charge is 2.21. The standard InChI is InChI=1S/C8H14O2/c1-6-3-4-7(9)8(5-6)10-2/h3,7-9H,4-5H2,1-2H3/t7?,8-/m1/s1. The number of aliphatic hydroxyl groups is 1. The van der Waals surface area contributed by atoms with Crippen LogP contribution in [0.4, 0.5) is 0 Å². The first-order valence-electron chi connectivity index (χ1n) is 3.60. The number of hydrogen-bond acceptors (Lipinski definition) is 2. The molecule has 0 saturated carbocycles. The second kappa shape index (κ2) is 3.17. The predicted octanol–water partition coefficient (Wildman–Crippen LogP) is 1.10. The molecule has 0 saturated heterocycles. The van der Waals surface area contributed by atoms with Crippen molar-refractivity contribution in [1.29, 1.82) is 0 Å². The molecule has 2 atom stereocenters. The van der Waals surface area contributed by atoms with Gasteiger partial charge in [-0.3, -0.25) is 0 Å². The van der Waals surface area contributed by atoms with Crippen molar-refractivity contribution in [3.05, 3.63) is 11.6 Å². The first-order chi connectivity index (χ1) is 4.74. The Bertz CT molecular complexity index is 140. The van der Waals surface area contributed by atoms with Crippen LogP contribution in [0.2, 0.25) is 0 Å². The molecule has 0 bridgehead atoms.